The molecule has 2 rings (SSSR count). The number of nitrogens with one attached hydrogen (secondary N) is 1. The molecule has 4 nitrogen and oxygen atoms in total. The summed E-state index contributed by atoms with van der Waals surface area (Å²) in [7, 11) is 2.02. The largest absolute Gasteiger partial charge is 0.355 e. The predicted molar refractivity (Wildman–Crippen MR) is 70.2 cm³/mol. The fourth-order valence-corrected chi connectivity index (χ4v) is 2.42. The Balaban J connectivity index is 1.94. The summed E-state index contributed by atoms with van der Waals surface area (Å²) in [6, 6.07) is 4.13. The summed E-state index contributed by atoms with van der Waals surface area (Å²) in [5.41, 5.74) is 0.984. The molecule has 1 unspecified atom stereocenters. The van der Waals surface area contributed by atoms with E-state index in [0.717, 1.165) is 37.1 Å². The summed E-state index contributed by atoms with van der Waals surface area (Å²) in [5, 5.41) is 11.6. The topological polar surface area (TPSA) is 41.0 Å². The van der Waals surface area contributed by atoms with Gasteiger partial charge in [-0.15, -0.1) is 5.10 Å². The van der Waals surface area contributed by atoms with Crippen LogP contribution in [0.4, 0.5) is 5.82 Å². The lowest BCUT2D eigenvalue weighted by molar-refractivity contribution is 0.385. The number of aryl methyl sites for hydroxylation is 1. The standard InChI is InChI=1S/C13H22N4/c1-11-5-6-13(16-15-11)17-9-3-4-12(10-17)7-8-14-2/h5-6,12,14H,3-4,7-10H2,1-2H3. The van der Waals surface area contributed by atoms with E-state index in [1.165, 1.54) is 19.3 Å². The first kappa shape index (κ1) is 12.3. The van der Waals surface area contributed by atoms with Crippen LogP contribution in [0, 0.1) is 12.8 Å². The van der Waals surface area contributed by atoms with E-state index in [1.54, 1.807) is 0 Å². The third kappa shape index (κ3) is 3.40. The van der Waals surface area contributed by atoms with Gasteiger partial charge >= 0.3 is 0 Å². The second kappa shape index (κ2) is 5.96. The van der Waals surface area contributed by atoms with Gasteiger partial charge in [0.25, 0.3) is 0 Å². The molecule has 1 atom stereocenters. The monoisotopic (exact) mass is 234 g/mol. The van der Waals surface area contributed by atoms with Crippen LogP contribution in [0.2, 0.25) is 0 Å². The van der Waals surface area contributed by atoms with Gasteiger partial charge in [-0.1, -0.05) is 0 Å². The molecule has 94 valence electrons. The number of anilines is 1. The SMILES string of the molecule is CNCCC1CCCN(c2ccc(C)nn2)C1. The Labute approximate surface area is 103 Å². The van der Waals surface area contributed by atoms with Gasteiger partial charge in [0.2, 0.25) is 0 Å². The van der Waals surface area contributed by atoms with Crippen molar-refractivity contribution in [2.45, 2.75) is 26.2 Å². The van der Waals surface area contributed by atoms with Crippen molar-refractivity contribution >= 4 is 5.82 Å². The maximum atomic E-state index is 4.28. The lowest BCUT2D eigenvalue weighted by atomic mass is 9.95. The van der Waals surface area contributed by atoms with Crippen molar-refractivity contribution in [1.29, 1.82) is 0 Å². The molecule has 1 fully saturated rings. The molecule has 0 bridgehead atoms. The van der Waals surface area contributed by atoms with E-state index in [0.29, 0.717) is 0 Å². The Morgan fingerprint density at radius 2 is 2.29 bits per heavy atom. The maximum absolute atomic E-state index is 4.28. The molecular formula is C13H22N4. The van der Waals surface area contributed by atoms with E-state index in [2.05, 4.69) is 26.5 Å². The molecule has 4 heteroatoms. The first-order valence-corrected chi connectivity index (χ1v) is 6.49. The molecule has 1 aliphatic rings. The molecule has 1 saturated heterocycles. The van der Waals surface area contributed by atoms with E-state index in [9.17, 15) is 0 Å². The van der Waals surface area contributed by atoms with Gasteiger partial charge in [-0.3, -0.25) is 0 Å². The molecule has 1 aliphatic heterocycles. The molecule has 1 aromatic heterocycles. The number of hydrogen-bond donors (Lipinski definition) is 1. The van der Waals surface area contributed by atoms with Crippen molar-refractivity contribution in [3.63, 3.8) is 0 Å². The highest BCUT2D eigenvalue weighted by atomic mass is 15.3. The fourth-order valence-electron chi connectivity index (χ4n) is 2.42. The van der Waals surface area contributed by atoms with Gasteiger partial charge in [-0.25, -0.2) is 0 Å². The third-order valence-electron chi connectivity index (χ3n) is 3.43. The van der Waals surface area contributed by atoms with Gasteiger partial charge in [0.1, 0.15) is 0 Å². The van der Waals surface area contributed by atoms with E-state index in [4.69, 9.17) is 0 Å². The summed E-state index contributed by atoms with van der Waals surface area (Å²) in [4.78, 5) is 2.37. The first-order chi connectivity index (χ1) is 8.29. The van der Waals surface area contributed by atoms with Crippen LogP contribution in [-0.2, 0) is 0 Å². The molecular weight excluding hydrogens is 212 g/mol. The summed E-state index contributed by atoms with van der Waals surface area (Å²) < 4.78 is 0. The normalized spacial score (nSPS) is 20.6. The smallest absolute Gasteiger partial charge is 0.151 e. The summed E-state index contributed by atoms with van der Waals surface area (Å²) >= 11 is 0. The molecule has 1 aromatic rings. The quantitative estimate of drug-likeness (QED) is 0.859. The third-order valence-corrected chi connectivity index (χ3v) is 3.43. The highest BCUT2D eigenvalue weighted by Gasteiger charge is 2.20. The molecule has 0 spiro atoms. The van der Waals surface area contributed by atoms with E-state index in [1.807, 2.05) is 20.0 Å². The van der Waals surface area contributed by atoms with Crippen molar-refractivity contribution in [3.8, 4) is 0 Å². The molecule has 0 saturated carbocycles. The van der Waals surface area contributed by atoms with Gasteiger partial charge < -0.3 is 10.2 Å². The van der Waals surface area contributed by atoms with E-state index < -0.39 is 0 Å². The number of piperidine rings is 1. The fraction of sp³-hybridized carbons (Fsp3) is 0.692. The van der Waals surface area contributed by atoms with Gasteiger partial charge in [0.15, 0.2) is 5.82 Å². The van der Waals surface area contributed by atoms with Crippen LogP contribution in [0.15, 0.2) is 12.1 Å². The predicted octanol–water partition coefficient (Wildman–Crippen LogP) is 1.61. The molecule has 17 heavy (non-hydrogen) atoms. The maximum Gasteiger partial charge on any atom is 0.151 e. The number of aromatic nitrogens is 2. The summed E-state index contributed by atoms with van der Waals surface area (Å²) in [6.45, 7) is 5.33. The van der Waals surface area contributed by atoms with Gasteiger partial charge in [-0.2, -0.15) is 5.10 Å². The lowest BCUT2D eigenvalue weighted by Crippen LogP contribution is -2.37. The first-order valence-electron chi connectivity index (χ1n) is 6.49. The van der Waals surface area contributed by atoms with Crippen molar-refractivity contribution in [2.75, 3.05) is 31.6 Å². The van der Waals surface area contributed by atoms with Crippen LogP contribution < -0.4 is 10.2 Å². The zero-order valence-electron chi connectivity index (χ0n) is 10.8. The second-order valence-electron chi connectivity index (χ2n) is 4.88. The minimum Gasteiger partial charge on any atom is -0.355 e. The van der Waals surface area contributed by atoms with Crippen molar-refractivity contribution in [2.24, 2.45) is 5.92 Å². The van der Waals surface area contributed by atoms with Crippen LogP contribution in [0.5, 0.6) is 0 Å². The zero-order valence-corrected chi connectivity index (χ0v) is 10.8. The molecule has 0 aliphatic carbocycles. The zero-order chi connectivity index (χ0) is 12.1. The average molecular weight is 234 g/mol. The van der Waals surface area contributed by atoms with Gasteiger partial charge in [0.05, 0.1) is 5.69 Å². The van der Waals surface area contributed by atoms with Crippen LogP contribution in [0.3, 0.4) is 0 Å². The van der Waals surface area contributed by atoms with Crippen LogP contribution in [0.1, 0.15) is 25.0 Å². The number of nitrogens with zero attached hydrogens (tertiary/aromatic N) is 3. The average Bonchev–Trinajstić information content (AvgIpc) is 2.37. The minimum absolute atomic E-state index is 0.791. The van der Waals surface area contributed by atoms with Crippen molar-refractivity contribution < 1.29 is 0 Å². The molecule has 0 aromatic carbocycles. The molecule has 1 N–H and O–H groups in total. The van der Waals surface area contributed by atoms with Gasteiger partial charge in [-0.05, 0) is 57.8 Å². The minimum atomic E-state index is 0.791. The number of hydrogen-bond acceptors (Lipinski definition) is 4. The van der Waals surface area contributed by atoms with Gasteiger partial charge in [0, 0.05) is 13.1 Å². The highest BCUT2D eigenvalue weighted by molar-refractivity contribution is 5.37. The second-order valence-corrected chi connectivity index (χ2v) is 4.88. The molecule has 2 heterocycles. The van der Waals surface area contributed by atoms with Crippen LogP contribution >= 0.6 is 0 Å². The van der Waals surface area contributed by atoms with Crippen LogP contribution in [-0.4, -0.2) is 36.9 Å². The van der Waals surface area contributed by atoms with Crippen molar-refractivity contribution in [3.05, 3.63) is 17.8 Å². The lowest BCUT2D eigenvalue weighted by Gasteiger charge is -2.33. The molecule has 0 radical (unpaired) electrons. The Morgan fingerprint density at radius 1 is 1.41 bits per heavy atom. The Morgan fingerprint density at radius 3 is 3.00 bits per heavy atom. The summed E-state index contributed by atoms with van der Waals surface area (Å²) in [5.74, 6) is 1.82. The van der Waals surface area contributed by atoms with Crippen LogP contribution in [0.25, 0.3) is 0 Å². The Hall–Kier alpha value is -1.16. The van der Waals surface area contributed by atoms with E-state index in [-0.39, 0.29) is 0 Å². The Bertz CT molecular complexity index is 336. The summed E-state index contributed by atoms with van der Waals surface area (Å²) in [6.07, 6.45) is 3.87. The Kier molecular flexibility index (Phi) is 4.31. The van der Waals surface area contributed by atoms with E-state index >= 15 is 0 Å². The number of rotatable bonds is 4. The van der Waals surface area contributed by atoms with Crippen molar-refractivity contribution in [1.82, 2.24) is 15.5 Å². The highest BCUT2D eigenvalue weighted by Crippen LogP contribution is 2.22. The molecule has 0 amide bonds.